The normalized spacial score (nSPS) is 13.9. The Labute approximate surface area is 162 Å². The molecule has 1 N–H and O–H groups in total. The predicted octanol–water partition coefficient (Wildman–Crippen LogP) is 1.98. The number of anilines is 1. The molecule has 1 fully saturated rings. The first-order chi connectivity index (χ1) is 13.4. The first kappa shape index (κ1) is 19.3. The summed E-state index contributed by atoms with van der Waals surface area (Å²) in [5.74, 6) is -0.383. The molecule has 0 saturated carbocycles. The number of nitrogens with one attached hydrogen (secondary N) is 1. The van der Waals surface area contributed by atoms with Crippen molar-refractivity contribution >= 4 is 23.2 Å². The maximum Gasteiger partial charge on any atom is 0.269 e. The van der Waals surface area contributed by atoms with Gasteiger partial charge in [-0.05, 0) is 31.2 Å². The lowest BCUT2D eigenvalue weighted by Crippen LogP contribution is -2.51. The van der Waals surface area contributed by atoms with Crippen molar-refractivity contribution < 1.29 is 14.5 Å². The van der Waals surface area contributed by atoms with E-state index < -0.39 is 4.92 Å². The van der Waals surface area contributed by atoms with Gasteiger partial charge in [-0.3, -0.25) is 19.7 Å². The van der Waals surface area contributed by atoms with Crippen LogP contribution in [0.4, 0.5) is 11.4 Å². The van der Waals surface area contributed by atoms with Gasteiger partial charge >= 0.3 is 0 Å². The van der Waals surface area contributed by atoms with Crippen LogP contribution in [0.15, 0.2) is 48.5 Å². The van der Waals surface area contributed by atoms with Crippen LogP contribution in [0.25, 0.3) is 0 Å². The summed E-state index contributed by atoms with van der Waals surface area (Å²) in [5, 5.41) is 13.4. The first-order valence-corrected chi connectivity index (χ1v) is 9.06. The third-order valence-electron chi connectivity index (χ3n) is 4.74. The fourth-order valence-electron chi connectivity index (χ4n) is 3.16. The Kier molecular flexibility index (Phi) is 5.88. The number of rotatable bonds is 5. The quantitative estimate of drug-likeness (QED) is 0.630. The van der Waals surface area contributed by atoms with Crippen LogP contribution in [0.2, 0.25) is 0 Å². The van der Waals surface area contributed by atoms with Crippen LogP contribution in [0, 0.1) is 17.0 Å². The van der Waals surface area contributed by atoms with E-state index in [-0.39, 0.29) is 24.0 Å². The molecule has 2 aromatic carbocycles. The van der Waals surface area contributed by atoms with Crippen molar-refractivity contribution in [2.45, 2.75) is 6.92 Å². The van der Waals surface area contributed by atoms with Gasteiger partial charge in [0.05, 0.1) is 11.5 Å². The van der Waals surface area contributed by atoms with Crippen molar-refractivity contribution in [1.82, 2.24) is 10.2 Å². The summed E-state index contributed by atoms with van der Waals surface area (Å²) in [6.45, 7) is 4.22. The highest BCUT2D eigenvalue weighted by atomic mass is 16.6. The zero-order valence-electron chi connectivity index (χ0n) is 15.6. The smallest absolute Gasteiger partial charge is 0.269 e. The number of carbonyl (C=O) groups excluding carboxylic acids is 2. The van der Waals surface area contributed by atoms with Gasteiger partial charge in [-0.25, -0.2) is 0 Å². The van der Waals surface area contributed by atoms with Crippen LogP contribution in [0.1, 0.15) is 15.9 Å². The minimum Gasteiger partial charge on any atom is -0.368 e. The van der Waals surface area contributed by atoms with Gasteiger partial charge in [-0.1, -0.05) is 17.7 Å². The molecule has 2 amide bonds. The predicted molar refractivity (Wildman–Crippen MR) is 105 cm³/mol. The summed E-state index contributed by atoms with van der Waals surface area (Å²) in [6, 6.07) is 13.6. The van der Waals surface area contributed by atoms with Gasteiger partial charge in [0.15, 0.2) is 0 Å². The molecule has 1 saturated heterocycles. The van der Waals surface area contributed by atoms with Crippen molar-refractivity contribution in [3.05, 3.63) is 69.8 Å². The average molecular weight is 382 g/mol. The number of carbonyl (C=O) groups is 2. The Hall–Kier alpha value is -3.42. The second-order valence-electron chi connectivity index (χ2n) is 6.69. The van der Waals surface area contributed by atoms with Crippen LogP contribution >= 0.6 is 0 Å². The standard InChI is InChI=1S/C20H22N4O4/c1-15-3-2-4-16(13-15)20(26)21-14-19(25)23-11-9-22(10-12-23)17-5-7-18(8-6-17)24(27)28/h2-8,13H,9-12,14H2,1H3,(H,21,26). The molecule has 1 aliphatic rings. The number of amides is 2. The summed E-state index contributed by atoms with van der Waals surface area (Å²) in [4.78, 5) is 38.7. The molecule has 0 aliphatic carbocycles. The lowest BCUT2D eigenvalue weighted by atomic mass is 10.1. The Morgan fingerprint density at radius 1 is 1.07 bits per heavy atom. The summed E-state index contributed by atoms with van der Waals surface area (Å²) < 4.78 is 0. The number of nitro benzene ring substituents is 1. The third-order valence-corrected chi connectivity index (χ3v) is 4.74. The van der Waals surface area contributed by atoms with Crippen LogP contribution in [0.5, 0.6) is 0 Å². The molecule has 0 aromatic heterocycles. The second kappa shape index (κ2) is 8.51. The molecule has 0 bridgehead atoms. The van der Waals surface area contributed by atoms with Crippen molar-refractivity contribution in [3.8, 4) is 0 Å². The topological polar surface area (TPSA) is 95.8 Å². The summed E-state index contributed by atoms with van der Waals surface area (Å²) in [6.07, 6.45) is 0. The largest absolute Gasteiger partial charge is 0.368 e. The fraction of sp³-hybridized carbons (Fsp3) is 0.300. The van der Waals surface area contributed by atoms with Crippen molar-refractivity contribution in [1.29, 1.82) is 0 Å². The monoisotopic (exact) mass is 382 g/mol. The van der Waals surface area contributed by atoms with Crippen LogP contribution < -0.4 is 10.2 Å². The highest BCUT2D eigenvalue weighted by Gasteiger charge is 2.22. The van der Waals surface area contributed by atoms with Gasteiger partial charge in [-0.2, -0.15) is 0 Å². The Morgan fingerprint density at radius 2 is 1.75 bits per heavy atom. The highest BCUT2D eigenvalue weighted by Crippen LogP contribution is 2.20. The van der Waals surface area contributed by atoms with E-state index in [0.717, 1.165) is 11.3 Å². The molecule has 1 heterocycles. The minimum absolute atomic E-state index is 0.0374. The summed E-state index contributed by atoms with van der Waals surface area (Å²) in [7, 11) is 0. The number of non-ortho nitro benzene ring substituents is 1. The van der Waals surface area contributed by atoms with E-state index in [1.807, 2.05) is 19.1 Å². The van der Waals surface area contributed by atoms with Crippen molar-refractivity contribution in [3.63, 3.8) is 0 Å². The summed E-state index contributed by atoms with van der Waals surface area (Å²) >= 11 is 0. The number of hydrogen-bond donors (Lipinski definition) is 1. The molecule has 8 heteroatoms. The first-order valence-electron chi connectivity index (χ1n) is 9.06. The van der Waals surface area contributed by atoms with Crippen LogP contribution in [-0.2, 0) is 4.79 Å². The SMILES string of the molecule is Cc1cccc(C(=O)NCC(=O)N2CCN(c3ccc([N+](=O)[O-])cc3)CC2)c1. The van der Waals surface area contributed by atoms with Gasteiger partial charge in [0, 0.05) is 49.6 Å². The molecule has 28 heavy (non-hydrogen) atoms. The van der Waals surface area contributed by atoms with E-state index in [2.05, 4.69) is 10.2 Å². The van der Waals surface area contributed by atoms with E-state index >= 15 is 0 Å². The number of hydrogen-bond acceptors (Lipinski definition) is 5. The molecule has 0 unspecified atom stereocenters. The number of aryl methyl sites for hydroxylation is 1. The minimum atomic E-state index is -0.425. The molecule has 8 nitrogen and oxygen atoms in total. The Bertz CT molecular complexity index is 874. The van der Waals surface area contributed by atoms with E-state index in [4.69, 9.17) is 0 Å². The third kappa shape index (κ3) is 4.64. The molecule has 3 rings (SSSR count). The van der Waals surface area contributed by atoms with Gasteiger partial charge in [-0.15, -0.1) is 0 Å². The molecule has 1 aliphatic heterocycles. The Balaban J connectivity index is 1.48. The van der Waals surface area contributed by atoms with Crippen LogP contribution in [-0.4, -0.2) is 54.4 Å². The van der Waals surface area contributed by atoms with E-state index in [1.165, 1.54) is 12.1 Å². The number of benzene rings is 2. The summed E-state index contributed by atoms with van der Waals surface area (Å²) in [5.41, 5.74) is 2.48. The lowest BCUT2D eigenvalue weighted by molar-refractivity contribution is -0.384. The molecule has 146 valence electrons. The molecule has 0 atom stereocenters. The van der Waals surface area contributed by atoms with Gasteiger partial charge in [0.2, 0.25) is 5.91 Å². The molecule has 0 spiro atoms. The molecule has 0 radical (unpaired) electrons. The van der Waals surface area contributed by atoms with E-state index in [9.17, 15) is 19.7 Å². The van der Waals surface area contributed by atoms with E-state index in [0.29, 0.717) is 31.7 Å². The van der Waals surface area contributed by atoms with Crippen molar-refractivity contribution in [2.75, 3.05) is 37.6 Å². The maximum absolute atomic E-state index is 12.4. The van der Waals surface area contributed by atoms with Crippen molar-refractivity contribution in [2.24, 2.45) is 0 Å². The maximum atomic E-state index is 12.4. The zero-order chi connectivity index (χ0) is 20.1. The van der Waals surface area contributed by atoms with Crippen LogP contribution in [0.3, 0.4) is 0 Å². The Morgan fingerprint density at radius 3 is 2.36 bits per heavy atom. The second-order valence-corrected chi connectivity index (χ2v) is 6.69. The molecule has 2 aromatic rings. The fourth-order valence-corrected chi connectivity index (χ4v) is 3.16. The number of nitrogens with zero attached hydrogens (tertiary/aromatic N) is 3. The number of nitro groups is 1. The van der Waals surface area contributed by atoms with Gasteiger partial charge in [0.25, 0.3) is 11.6 Å². The van der Waals surface area contributed by atoms with Gasteiger partial charge in [0.1, 0.15) is 0 Å². The average Bonchev–Trinajstić information content (AvgIpc) is 2.72. The zero-order valence-corrected chi connectivity index (χ0v) is 15.6. The molecular weight excluding hydrogens is 360 g/mol. The molecular formula is C20H22N4O4. The van der Waals surface area contributed by atoms with Gasteiger partial charge < -0.3 is 15.1 Å². The number of piperazine rings is 1. The highest BCUT2D eigenvalue weighted by molar-refractivity contribution is 5.96. The van der Waals surface area contributed by atoms with E-state index in [1.54, 1.807) is 29.2 Å². The lowest BCUT2D eigenvalue weighted by Gasteiger charge is -2.36.